The summed E-state index contributed by atoms with van der Waals surface area (Å²) < 4.78 is 2.97. The Morgan fingerprint density at radius 3 is 2.19 bits per heavy atom. The molecular weight excluding hydrogens is 319 g/mol. The van der Waals surface area contributed by atoms with Gasteiger partial charge in [-0.25, -0.2) is 0 Å². The van der Waals surface area contributed by atoms with Crippen LogP contribution in [0.15, 0.2) is 66.7 Å². The molecule has 1 heteroatoms. The van der Waals surface area contributed by atoms with Gasteiger partial charge in [-0.2, -0.15) is 0 Å². The van der Waals surface area contributed by atoms with E-state index in [1.807, 2.05) is 0 Å². The van der Waals surface area contributed by atoms with Crippen molar-refractivity contribution >= 4 is 23.9 Å². The van der Waals surface area contributed by atoms with E-state index in [2.05, 4.69) is 73.7 Å². The molecule has 0 amide bonds. The van der Waals surface area contributed by atoms with E-state index < -0.39 is 0 Å². The van der Waals surface area contributed by atoms with Crippen LogP contribution in [0.1, 0.15) is 44.6 Å². The number of allylic oxidation sites excluding steroid dienone is 1. The summed E-state index contributed by atoms with van der Waals surface area (Å²) in [6.07, 6.45) is 9.01. The molecule has 0 saturated carbocycles. The second-order valence-electron chi connectivity index (χ2n) is 5.20. The molecule has 0 bridgehead atoms. The van der Waals surface area contributed by atoms with Crippen molar-refractivity contribution in [3.05, 3.63) is 72.3 Å². The van der Waals surface area contributed by atoms with Gasteiger partial charge in [0.2, 0.25) is 0 Å². The maximum atomic E-state index is 2.47. The first-order chi connectivity index (χ1) is 10.4. The van der Waals surface area contributed by atoms with Crippen molar-refractivity contribution in [3.63, 3.8) is 0 Å². The molecule has 110 valence electrons. The van der Waals surface area contributed by atoms with Crippen LogP contribution in [0.3, 0.4) is 0 Å². The molecule has 0 fully saturated rings. The summed E-state index contributed by atoms with van der Waals surface area (Å²) in [4.78, 5) is 0. The summed E-state index contributed by atoms with van der Waals surface area (Å²) in [5.41, 5.74) is 1.39. The van der Waals surface area contributed by atoms with Crippen LogP contribution in [-0.4, -0.2) is 15.0 Å². The second kappa shape index (κ2) is 9.60. The first-order valence-corrected chi connectivity index (χ1v) is 9.60. The fraction of sp³-hybridized carbons (Fsp3) is 0.300. The van der Waals surface area contributed by atoms with Crippen LogP contribution < -0.4 is 4.46 Å². The van der Waals surface area contributed by atoms with Gasteiger partial charge >= 0.3 is 135 Å². The van der Waals surface area contributed by atoms with Crippen LogP contribution in [0.5, 0.6) is 0 Å². The van der Waals surface area contributed by atoms with E-state index in [1.54, 1.807) is 0 Å². The van der Waals surface area contributed by atoms with Gasteiger partial charge in [0, 0.05) is 0 Å². The molecule has 0 aromatic heterocycles. The van der Waals surface area contributed by atoms with Crippen molar-refractivity contribution < 1.29 is 0 Å². The molecular formula is C20H24Se. The van der Waals surface area contributed by atoms with Crippen LogP contribution in [0.2, 0.25) is 0 Å². The van der Waals surface area contributed by atoms with Crippen molar-refractivity contribution in [1.82, 2.24) is 0 Å². The van der Waals surface area contributed by atoms with Gasteiger partial charge in [-0.1, -0.05) is 0 Å². The number of benzene rings is 2. The summed E-state index contributed by atoms with van der Waals surface area (Å²) in [6, 6.07) is 21.7. The predicted molar refractivity (Wildman–Crippen MR) is 95.0 cm³/mol. The summed E-state index contributed by atoms with van der Waals surface area (Å²) >= 11 is 0.396. The van der Waals surface area contributed by atoms with Gasteiger partial charge in [0.1, 0.15) is 0 Å². The SMILES string of the molecule is CCCCCC/C=C(\[Se]c1ccccc1)c1ccccc1. The normalized spacial score (nSPS) is 11.6. The molecule has 2 aromatic carbocycles. The molecule has 0 spiro atoms. The third-order valence-corrected chi connectivity index (χ3v) is 5.79. The van der Waals surface area contributed by atoms with E-state index >= 15 is 0 Å². The van der Waals surface area contributed by atoms with E-state index in [0.717, 1.165) is 0 Å². The first kappa shape index (κ1) is 16.1. The monoisotopic (exact) mass is 344 g/mol. The Kier molecular flexibility index (Phi) is 7.35. The van der Waals surface area contributed by atoms with Gasteiger partial charge in [0.15, 0.2) is 0 Å². The zero-order valence-electron chi connectivity index (χ0n) is 12.8. The summed E-state index contributed by atoms with van der Waals surface area (Å²) in [5, 5.41) is 0. The topological polar surface area (TPSA) is 0 Å². The predicted octanol–water partition coefficient (Wildman–Crippen LogP) is 5.03. The van der Waals surface area contributed by atoms with Gasteiger partial charge in [-0.05, 0) is 0 Å². The van der Waals surface area contributed by atoms with Crippen LogP contribution in [0.4, 0.5) is 0 Å². The minimum absolute atomic E-state index is 0.396. The molecule has 0 aliphatic heterocycles. The third kappa shape index (κ3) is 5.91. The number of rotatable bonds is 8. The van der Waals surface area contributed by atoms with Crippen molar-refractivity contribution in [2.75, 3.05) is 0 Å². The Morgan fingerprint density at radius 2 is 1.52 bits per heavy atom. The Hall–Kier alpha value is -1.30. The van der Waals surface area contributed by atoms with Crippen LogP contribution in [-0.2, 0) is 0 Å². The van der Waals surface area contributed by atoms with Gasteiger partial charge in [-0.15, -0.1) is 0 Å². The van der Waals surface area contributed by atoms with Gasteiger partial charge < -0.3 is 0 Å². The van der Waals surface area contributed by atoms with E-state index in [4.69, 9.17) is 0 Å². The van der Waals surface area contributed by atoms with Gasteiger partial charge in [0.25, 0.3) is 0 Å². The van der Waals surface area contributed by atoms with Gasteiger partial charge in [0.05, 0.1) is 0 Å². The molecule has 0 N–H and O–H groups in total. The van der Waals surface area contributed by atoms with Crippen molar-refractivity contribution in [2.24, 2.45) is 0 Å². The standard InChI is InChI=1S/C20H24Se/c1-2-3-4-5-12-17-20(18-13-8-6-9-14-18)21-19-15-10-7-11-16-19/h6-11,13-17H,2-5,12H2,1H3/b20-17-. The van der Waals surface area contributed by atoms with Gasteiger partial charge in [-0.3, -0.25) is 0 Å². The zero-order chi connectivity index (χ0) is 14.8. The summed E-state index contributed by atoms with van der Waals surface area (Å²) in [5.74, 6) is 0. The van der Waals surface area contributed by atoms with Crippen LogP contribution in [0.25, 0.3) is 4.47 Å². The number of unbranched alkanes of at least 4 members (excludes halogenated alkanes) is 4. The van der Waals surface area contributed by atoms with E-state index in [0.29, 0.717) is 15.0 Å². The Morgan fingerprint density at radius 1 is 0.857 bits per heavy atom. The molecule has 2 aromatic rings. The minimum atomic E-state index is 0.396. The molecule has 0 atom stereocenters. The summed E-state index contributed by atoms with van der Waals surface area (Å²) in [7, 11) is 0. The van der Waals surface area contributed by atoms with E-state index in [1.165, 1.54) is 46.6 Å². The Balaban J connectivity index is 2.05. The number of hydrogen-bond donors (Lipinski definition) is 0. The van der Waals surface area contributed by atoms with Crippen LogP contribution >= 0.6 is 0 Å². The van der Waals surface area contributed by atoms with Crippen LogP contribution in [0, 0.1) is 0 Å². The Labute approximate surface area is 135 Å². The first-order valence-electron chi connectivity index (χ1n) is 7.88. The van der Waals surface area contributed by atoms with E-state index in [-0.39, 0.29) is 0 Å². The fourth-order valence-corrected chi connectivity index (χ4v) is 4.34. The average Bonchev–Trinajstić information content (AvgIpc) is 2.55. The fourth-order valence-electron chi connectivity index (χ4n) is 2.24. The van der Waals surface area contributed by atoms with Crippen molar-refractivity contribution in [1.29, 1.82) is 0 Å². The molecule has 2 rings (SSSR count). The molecule has 21 heavy (non-hydrogen) atoms. The molecule has 0 nitrogen and oxygen atoms in total. The quantitative estimate of drug-likeness (QED) is 0.466. The third-order valence-electron chi connectivity index (χ3n) is 3.42. The molecule has 0 saturated heterocycles. The van der Waals surface area contributed by atoms with Crippen molar-refractivity contribution in [3.8, 4) is 0 Å². The Bertz CT molecular complexity index is 528. The average molecular weight is 343 g/mol. The molecule has 0 heterocycles. The summed E-state index contributed by atoms with van der Waals surface area (Å²) in [6.45, 7) is 2.27. The maximum absolute atomic E-state index is 2.47. The number of hydrogen-bond acceptors (Lipinski definition) is 0. The molecule has 0 unspecified atom stereocenters. The molecule has 0 aliphatic carbocycles. The molecule has 0 radical (unpaired) electrons. The molecule has 0 aliphatic rings. The van der Waals surface area contributed by atoms with Crippen molar-refractivity contribution in [2.45, 2.75) is 39.0 Å². The second-order valence-corrected chi connectivity index (χ2v) is 7.54. The zero-order valence-corrected chi connectivity index (χ0v) is 14.5. The van der Waals surface area contributed by atoms with E-state index in [9.17, 15) is 0 Å².